The molecule has 0 saturated carbocycles. The van der Waals surface area contributed by atoms with Crippen LogP contribution in [0.15, 0.2) is 0 Å². The monoisotopic (exact) mass is 657 g/mol. The van der Waals surface area contributed by atoms with Crippen LogP contribution in [0.3, 0.4) is 0 Å². The smallest absolute Gasteiger partial charge is 0.339 e. The highest BCUT2D eigenvalue weighted by Crippen LogP contribution is 2.35. The van der Waals surface area contributed by atoms with E-state index in [-0.39, 0.29) is 12.2 Å². The molecule has 232 valence electrons. The van der Waals surface area contributed by atoms with Gasteiger partial charge in [0, 0.05) is 22.7 Å². The van der Waals surface area contributed by atoms with E-state index in [1.807, 2.05) is 0 Å². The first-order valence-corrected chi connectivity index (χ1v) is 17.8. The molecule has 5 atom stereocenters. The highest BCUT2D eigenvalue weighted by molar-refractivity contribution is 8.73. The standard InChI is InChI=1S/C26H47N3O6S5/c1-3-19(37)12-8-5-7-11-18-15-22(30)29-21(17-36)24(32)28-16-23(31)34-39-40-35-25(33)26(18,27)14-10-6-9-13-20(38)4-2/h18-21,36-38H,3-17,27H2,1-2H3,(H,28,32)(H,29,30). The Labute approximate surface area is 264 Å². The van der Waals surface area contributed by atoms with Gasteiger partial charge in [-0.3, -0.25) is 9.59 Å². The zero-order valence-electron chi connectivity index (χ0n) is 23.6. The summed E-state index contributed by atoms with van der Waals surface area (Å²) in [7, 11) is 0. The van der Waals surface area contributed by atoms with Crippen LogP contribution < -0.4 is 16.4 Å². The highest BCUT2D eigenvalue weighted by Gasteiger charge is 2.44. The lowest BCUT2D eigenvalue weighted by atomic mass is 9.75. The van der Waals surface area contributed by atoms with E-state index < -0.39 is 47.8 Å². The van der Waals surface area contributed by atoms with Gasteiger partial charge < -0.3 is 24.7 Å². The largest absolute Gasteiger partial charge is 0.375 e. The zero-order valence-corrected chi connectivity index (χ0v) is 27.9. The summed E-state index contributed by atoms with van der Waals surface area (Å²) in [6, 6.07) is -0.954. The van der Waals surface area contributed by atoms with E-state index in [1.165, 1.54) is 0 Å². The van der Waals surface area contributed by atoms with Crippen LogP contribution in [0.5, 0.6) is 0 Å². The molecule has 0 aromatic heterocycles. The van der Waals surface area contributed by atoms with Gasteiger partial charge in [-0.1, -0.05) is 52.4 Å². The third kappa shape index (κ3) is 14.7. The molecule has 0 aromatic rings. The minimum atomic E-state index is -1.44. The average molecular weight is 658 g/mol. The second-order valence-corrected chi connectivity index (χ2v) is 13.5. The maximum absolute atomic E-state index is 13.4. The predicted octanol–water partition coefficient (Wildman–Crippen LogP) is 4.85. The van der Waals surface area contributed by atoms with Gasteiger partial charge in [-0.25, -0.2) is 9.59 Å². The summed E-state index contributed by atoms with van der Waals surface area (Å²) >= 11 is 14.5. The lowest BCUT2D eigenvalue weighted by Gasteiger charge is -2.35. The lowest BCUT2D eigenvalue weighted by molar-refractivity contribution is -0.142. The number of carbonyl (C=O) groups is 4. The first-order chi connectivity index (χ1) is 19.1. The molecule has 1 saturated heterocycles. The molecule has 1 rings (SSSR count). The van der Waals surface area contributed by atoms with Gasteiger partial charge in [-0.2, -0.15) is 37.9 Å². The molecule has 1 fully saturated rings. The number of unbranched alkanes of at least 4 members (excludes halogenated alkanes) is 4. The van der Waals surface area contributed by atoms with Crippen molar-refractivity contribution in [3.8, 4) is 0 Å². The molecular weight excluding hydrogens is 611 g/mol. The van der Waals surface area contributed by atoms with Gasteiger partial charge in [0.1, 0.15) is 18.1 Å². The van der Waals surface area contributed by atoms with E-state index in [1.54, 1.807) is 0 Å². The lowest BCUT2D eigenvalue weighted by Crippen LogP contribution is -2.56. The molecule has 5 unspecified atom stereocenters. The molecule has 0 aliphatic carbocycles. The van der Waals surface area contributed by atoms with Crippen LogP contribution in [0.1, 0.15) is 97.3 Å². The number of nitrogens with one attached hydrogen (secondary N) is 2. The molecule has 9 nitrogen and oxygen atoms in total. The molecule has 4 N–H and O–H groups in total. The molecule has 0 radical (unpaired) electrons. The highest BCUT2D eigenvalue weighted by atomic mass is 33.1. The molecule has 1 aliphatic heterocycles. The van der Waals surface area contributed by atoms with Crippen LogP contribution in [-0.4, -0.2) is 58.1 Å². The van der Waals surface area contributed by atoms with Crippen LogP contribution >= 0.6 is 60.0 Å². The second kappa shape index (κ2) is 21.3. The van der Waals surface area contributed by atoms with E-state index in [2.05, 4.69) is 62.4 Å². The SMILES string of the molecule is CCC(S)CCCCCC1CC(=O)NC(CS)C(=O)NCC(=O)OSSOC(=O)C1(N)CCCCCC(S)CC. The molecule has 0 spiro atoms. The minimum Gasteiger partial charge on any atom is -0.375 e. The molecule has 40 heavy (non-hydrogen) atoms. The molecule has 0 aromatic carbocycles. The third-order valence-corrected chi connectivity index (χ3v) is 9.92. The minimum absolute atomic E-state index is 0.0317. The number of carbonyl (C=O) groups excluding carboxylic acids is 4. The summed E-state index contributed by atoms with van der Waals surface area (Å²) in [5, 5.41) is 5.81. The van der Waals surface area contributed by atoms with E-state index in [0.717, 1.165) is 57.8 Å². The van der Waals surface area contributed by atoms with Gasteiger partial charge >= 0.3 is 11.9 Å². The molecule has 1 heterocycles. The maximum atomic E-state index is 13.4. The number of hydrogen-bond donors (Lipinski definition) is 6. The maximum Gasteiger partial charge on any atom is 0.339 e. The van der Waals surface area contributed by atoms with Crippen LogP contribution in [-0.2, 0) is 27.5 Å². The number of nitrogens with two attached hydrogens (primary N) is 1. The van der Waals surface area contributed by atoms with Crippen molar-refractivity contribution in [2.75, 3.05) is 12.3 Å². The van der Waals surface area contributed by atoms with Crippen LogP contribution in [0.2, 0.25) is 0 Å². The van der Waals surface area contributed by atoms with Crippen molar-refractivity contribution in [3.63, 3.8) is 0 Å². The Bertz CT molecular complexity index is 796. The van der Waals surface area contributed by atoms with Crippen LogP contribution in [0.25, 0.3) is 0 Å². The van der Waals surface area contributed by atoms with Crippen LogP contribution in [0, 0.1) is 5.92 Å². The average Bonchev–Trinajstić information content (AvgIpc) is 2.94. The Hall–Kier alpha value is -0.410. The van der Waals surface area contributed by atoms with Crippen molar-refractivity contribution < 1.29 is 27.5 Å². The second-order valence-electron chi connectivity index (χ2n) is 10.3. The van der Waals surface area contributed by atoms with Crippen molar-refractivity contribution in [2.45, 2.75) is 119 Å². The fourth-order valence-corrected chi connectivity index (χ4v) is 6.11. The fraction of sp³-hybridized carbons (Fsp3) is 0.846. The van der Waals surface area contributed by atoms with E-state index >= 15 is 0 Å². The number of hydrogen-bond acceptors (Lipinski definition) is 12. The summed E-state index contributed by atoms with van der Waals surface area (Å²) in [6.07, 6.45) is 9.99. The van der Waals surface area contributed by atoms with E-state index in [4.69, 9.17) is 14.1 Å². The van der Waals surface area contributed by atoms with E-state index in [9.17, 15) is 19.2 Å². The van der Waals surface area contributed by atoms with Crippen molar-refractivity contribution in [3.05, 3.63) is 0 Å². The number of thiol groups is 3. The van der Waals surface area contributed by atoms with Crippen LogP contribution in [0.4, 0.5) is 0 Å². The Balaban J connectivity index is 3.12. The predicted molar refractivity (Wildman–Crippen MR) is 173 cm³/mol. The molecule has 2 amide bonds. The van der Waals surface area contributed by atoms with Gasteiger partial charge in [0.05, 0.1) is 0 Å². The summed E-state index contributed by atoms with van der Waals surface area (Å²) in [5.74, 6) is -2.85. The van der Waals surface area contributed by atoms with Crippen molar-refractivity contribution in [1.82, 2.24) is 10.6 Å². The molecular formula is C26H47N3O6S5. The third-order valence-electron chi connectivity index (χ3n) is 7.21. The first-order valence-electron chi connectivity index (χ1n) is 14.1. The topological polar surface area (TPSA) is 137 Å². The van der Waals surface area contributed by atoms with Gasteiger partial charge in [0.15, 0.2) is 22.1 Å². The molecule has 1 aliphatic rings. The first kappa shape index (κ1) is 37.6. The summed E-state index contributed by atoms with van der Waals surface area (Å²) in [4.78, 5) is 51.0. The fourth-order valence-electron chi connectivity index (χ4n) is 4.50. The molecule has 0 bridgehead atoms. The number of rotatable bonds is 15. The quantitative estimate of drug-likeness (QED) is 0.0632. The molecule has 14 heteroatoms. The summed E-state index contributed by atoms with van der Waals surface area (Å²) < 4.78 is 10.3. The Morgan fingerprint density at radius 1 is 0.950 bits per heavy atom. The zero-order chi connectivity index (χ0) is 30.0. The van der Waals surface area contributed by atoms with Crippen molar-refractivity contribution >= 4 is 83.8 Å². The Morgan fingerprint density at radius 2 is 1.55 bits per heavy atom. The van der Waals surface area contributed by atoms with E-state index in [0.29, 0.717) is 51.9 Å². The van der Waals surface area contributed by atoms with Gasteiger partial charge in [-0.15, -0.1) is 0 Å². The Morgan fingerprint density at radius 3 is 2.15 bits per heavy atom. The van der Waals surface area contributed by atoms with Gasteiger partial charge in [-0.05, 0) is 44.4 Å². The van der Waals surface area contributed by atoms with Gasteiger partial charge in [0.2, 0.25) is 11.8 Å². The van der Waals surface area contributed by atoms with Crippen molar-refractivity contribution in [2.24, 2.45) is 11.7 Å². The Kier molecular flexibility index (Phi) is 20.0. The normalized spacial score (nSPS) is 25.1. The number of amides is 2. The summed E-state index contributed by atoms with van der Waals surface area (Å²) in [6.45, 7) is 3.80. The van der Waals surface area contributed by atoms with Gasteiger partial charge in [0.25, 0.3) is 0 Å². The summed E-state index contributed by atoms with van der Waals surface area (Å²) in [5.41, 5.74) is 5.42. The van der Waals surface area contributed by atoms with Crippen molar-refractivity contribution in [1.29, 1.82) is 0 Å².